The molecule has 2 aromatic carbocycles. The number of amides is 2. The molecule has 0 bridgehead atoms. The number of benzene rings is 2. The number of morpholine rings is 1. The van der Waals surface area contributed by atoms with Crippen molar-refractivity contribution in [2.24, 2.45) is 0 Å². The number of hydrogen-bond donors (Lipinski definition) is 2. The number of hydrogen-bond acceptors (Lipinski definition) is 6. The first-order valence-electron chi connectivity index (χ1n) is 11.9. The van der Waals surface area contributed by atoms with Crippen molar-refractivity contribution in [2.75, 3.05) is 40.0 Å². The van der Waals surface area contributed by atoms with Gasteiger partial charge in [0.25, 0.3) is 0 Å². The third kappa shape index (κ3) is 6.52. The van der Waals surface area contributed by atoms with Crippen LogP contribution in [-0.2, 0) is 21.2 Å². The quantitative estimate of drug-likeness (QED) is 0.513. The summed E-state index contributed by atoms with van der Waals surface area (Å²) in [4.78, 5) is 14.7. The highest BCUT2D eigenvalue weighted by Gasteiger charge is 2.40. The fourth-order valence-electron chi connectivity index (χ4n) is 4.17. The molecule has 35 heavy (non-hydrogen) atoms. The minimum atomic E-state index is -3.84. The minimum absolute atomic E-state index is 0.111. The molecule has 2 atom stereocenters. The highest BCUT2D eigenvalue weighted by molar-refractivity contribution is 7.89. The van der Waals surface area contributed by atoms with Crippen LogP contribution in [0.3, 0.4) is 0 Å². The zero-order valence-electron chi connectivity index (χ0n) is 19.9. The highest BCUT2D eigenvalue weighted by Crippen LogP contribution is 2.33. The van der Waals surface area contributed by atoms with Crippen molar-refractivity contribution >= 4 is 16.1 Å². The Labute approximate surface area is 206 Å². The lowest BCUT2D eigenvalue weighted by Gasteiger charge is -2.33. The molecule has 10 heteroatoms. The van der Waals surface area contributed by atoms with Crippen molar-refractivity contribution in [3.63, 3.8) is 0 Å². The Morgan fingerprint density at radius 3 is 2.40 bits per heavy atom. The molecule has 0 radical (unpaired) electrons. The van der Waals surface area contributed by atoms with Crippen LogP contribution >= 0.6 is 0 Å². The molecule has 1 heterocycles. The summed E-state index contributed by atoms with van der Waals surface area (Å²) in [6, 6.07) is 14.7. The first-order chi connectivity index (χ1) is 16.9. The summed E-state index contributed by atoms with van der Waals surface area (Å²) in [5.41, 5.74) is 0.940. The number of carbonyl (C=O) groups excluding carboxylic acids is 1. The van der Waals surface area contributed by atoms with Crippen LogP contribution in [0.15, 0.2) is 59.5 Å². The summed E-state index contributed by atoms with van der Waals surface area (Å²) in [5, 5.41) is 14.2. The highest BCUT2D eigenvalue weighted by atomic mass is 32.2. The largest absolute Gasteiger partial charge is 0.497 e. The summed E-state index contributed by atoms with van der Waals surface area (Å²) >= 11 is 0. The fourth-order valence-corrected chi connectivity index (χ4v) is 5.87. The molecular formula is C25H33N3O6S. The Morgan fingerprint density at radius 2 is 1.80 bits per heavy atom. The third-order valence-electron chi connectivity index (χ3n) is 6.36. The normalized spacial score (nSPS) is 18.2. The average Bonchev–Trinajstić information content (AvgIpc) is 3.73. The van der Waals surface area contributed by atoms with Gasteiger partial charge in [0.1, 0.15) is 5.75 Å². The Kier molecular flexibility index (Phi) is 8.27. The van der Waals surface area contributed by atoms with Crippen LogP contribution in [0, 0.1) is 0 Å². The van der Waals surface area contributed by atoms with E-state index in [1.807, 2.05) is 30.3 Å². The Hall–Kier alpha value is -2.66. The molecular weight excluding hydrogens is 470 g/mol. The van der Waals surface area contributed by atoms with Gasteiger partial charge >= 0.3 is 6.03 Å². The zero-order chi connectivity index (χ0) is 24.8. The van der Waals surface area contributed by atoms with Crippen LogP contribution in [0.2, 0.25) is 0 Å². The van der Waals surface area contributed by atoms with E-state index in [-0.39, 0.29) is 23.5 Å². The Bertz CT molecular complexity index is 1070. The number of sulfonamides is 1. The van der Waals surface area contributed by atoms with Crippen LogP contribution in [0.4, 0.5) is 4.79 Å². The van der Waals surface area contributed by atoms with Crippen molar-refractivity contribution in [3.8, 4) is 5.75 Å². The molecule has 2 N–H and O–H groups in total. The second-order valence-corrected chi connectivity index (χ2v) is 10.8. The van der Waals surface area contributed by atoms with E-state index in [4.69, 9.17) is 9.47 Å². The van der Waals surface area contributed by atoms with Gasteiger partial charge in [-0.1, -0.05) is 30.3 Å². The minimum Gasteiger partial charge on any atom is -0.497 e. The van der Waals surface area contributed by atoms with Crippen molar-refractivity contribution in [2.45, 2.75) is 42.3 Å². The predicted molar refractivity (Wildman–Crippen MR) is 131 cm³/mol. The lowest BCUT2D eigenvalue weighted by atomic mass is 10.0. The van der Waals surface area contributed by atoms with E-state index in [0.29, 0.717) is 38.5 Å². The first kappa shape index (κ1) is 25.4. The molecule has 4 rings (SSSR count). The maximum atomic E-state index is 13.5. The molecule has 2 aromatic rings. The summed E-state index contributed by atoms with van der Waals surface area (Å²) in [6.07, 6.45) is 0.755. The van der Waals surface area contributed by atoms with Crippen molar-refractivity contribution in [1.82, 2.24) is 14.5 Å². The van der Waals surface area contributed by atoms with Crippen LogP contribution < -0.4 is 10.1 Å². The number of rotatable bonds is 10. The molecule has 1 aliphatic heterocycles. The number of aliphatic hydroxyl groups is 1. The zero-order valence-corrected chi connectivity index (χ0v) is 20.7. The van der Waals surface area contributed by atoms with Gasteiger partial charge in [0.05, 0.1) is 37.4 Å². The van der Waals surface area contributed by atoms with Gasteiger partial charge in [0, 0.05) is 25.7 Å². The number of nitrogens with zero attached hydrogens (tertiary/aromatic N) is 2. The van der Waals surface area contributed by atoms with E-state index in [1.54, 1.807) is 17.0 Å². The van der Waals surface area contributed by atoms with E-state index in [9.17, 15) is 18.3 Å². The summed E-state index contributed by atoms with van der Waals surface area (Å²) < 4.78 is 38.8. The molecule has 2 amide bonds. The first-order valence-corrected chi connectivity index (χ1v) is 13.3. The SMILES string of the molecule is COc1ccc(S(=O)(=O)N(C[C@@H](O)[C@H](Cc2ccccc2)NC(=O)N2CCOCC2)C2CC2)cc1. The van der Waals surface area contributed by atoms with E-state index < -0.39 is 22.2 Å². The Morgan fingerprint density at radius 1 is 1.14 bits per heavy atom. The van der Waals surface area contributed by atoms with E-state index in [0.717, 1.165) is 18.4 Å². The molecule has 1 saturated heterocycles. The second kappa shape index (κ2) is 11.4. The number of aliphatic hydroxyl groups excluding tert-OH is 1. The standard InChI is InChI=1S/C25H33N3O6S/c1-33-21-9-11-22(12-10-21)35(31,32)28(20-7-8-20)18-24(29)23(17-19-5-3-2-4-6-19)26-25(30)27-13-15-34-16-14-27/h2-6,9-12,20,23-24,29H,7-8,13-18H2,1H3,(H,26,30)/t23-,24+/m0/s1. The summed E-state index contributed by atoms with van der Waals surface area (Å²) in [6.45, 7) is 1.77. The Balaban J connectivity index is 1.53. The van der Waals surface area contributed by atoms with Gasteiger partial charge in [0.15, 0.2) is 0 Å². The van der Waals surface area contributed by atoms with E-state index >= 15 is 0 Å². The van der Waals surface area contributed by atoms with E-state index in [1.165, 1.54) is 23.5 Å². The lowest BCUT2D eigenvalue weighted by molar-refractivity contribution is 0.0486. The molecule has 1 saturated carbocycles. The molecule has 1 aliphatic carbocycles. The number of ether oxygens (including phenoxy) is 2. The van der Waals surface area contributed by atoms with Crippen molar-refractivity contribution in [3.05, 3.63) is 60.2 Å². The van der Waals surface area contributed by atoms with Crippen LogP contribution in [-0.4, -0.2) is 86.9 Å². The maximum absolute atomic E-state index is 13.5. The fraction of sp³-hybridized carbons (Fsp3) is 0.480. The van der Waals surface area contributed by atoms with Crippen LogP contribution in [0.25, 0.3) is 0 Å². The van der Waals surface area contributed by atoms with Gasteiger partial charge in [0.2, 0.25) is 10.0 Å². The topological polar surface area (TPSA) is 108 Å². The second-order valence-electron chi connectivity index (χ2n) is 8.89. The van der Waals surface area contributed by atoms with Crippen molar-refractivity contribution < 1.29 is 27.8 Å². The molecule has 0 spiro atoms. The maximum Gasteiger partial charge on any atom is 0.317 e. The molecule has 2 fully saturated rings. The van der Waals surface area contributed by atoms with Crippen LogP contribution in [0.5, 0.6) is 5.75 Å². The molecule has 2 aliphatic rings. The number of carbonyl (C=O) groups is 1. The van der Waals surface area contributed by atoms with Gasteiger partial charge in [-0.25, -0.2) is 13.2 Å². The molecule has 9 nitrogen and oxygen atoms in total. The number of nitrogens with one attached hydrogen (secondary N) is 1. The lowest BCUT2D eigenvalue weighted by Crippen LogP contribution is -2.55. The number of urea groups is 1. The summed E-state index contributed by atoms with van der Waals surface area (Å²) in [7, 11) is -2.31. The van der Waals surface area contributed by atoms with Gasteiger partial charge in [-0.05, 0) is 49.1 Å². The monoisotopic (exact) mass is 503 g/mol. The van der Waals surface area contributed by atoms with Gasteiger partial charge in [-0.3, -0.25) is 0 Å². The van der Waals surface area contributed by atoms with Crippen LogP contribution in [0.1, 0.15) is 18.4 Å². The van der Waals surface area contributed by atoms with Gasteiger partial charge in [-0.2, -0.15) is 4.31 Å². The molecule has 190 valence electrons. The third-order valence-corrected chi connectivity index (χ3v) is 8.29. The molecule has 0 unspecified atom stereocenters. The summed E-state index contributed by atoms with van der Waals surface area (Å²) in [5.74, 6) is 0.565. The van der Waals surface area contributed by atoms with E-state index in [2.05, 4.69) is 5.32 Å². The van der Waals surface area contributed by atoms with Gasteiger partial charge < -0.3 is 24.8 Å². The predicted octanol–water partition coefficient (Wildman–Crippen LogP) is 1.86. The smallest absolute Gasteiger partial charge is 0.317 e. The van der Waals surface area contributed by atoms with Crippen molar-refractivity contribution in [1.29, 1.82) is 0 Å². The average molecular weight is 504 g/mol. The number of methoxy groups -OCH3 is 1. The molecule has 0 aromatic heterocycles. The van der Waals surface area contributed by atoms with Gasteiger partial charge in [-0.15, -0.1) is 0 Å².